The number of hydrogen-bond donors (Lipinski definition) is 2. The summed E-state index contributed by atoms with van der Waals surface area (Å²) in [5, 5.41) is 5.37. The molecule has 2 heterocycles. The zero-order valence-electron chi connectivity index (χ0n) is 18.4. The van der Waals surface area contributed by atoms with Crippen LogP contribution in [0.15, 0.2) is 60.9 Å². The van der Waals surface area contributed by atoms with Crippen molar-refractivity contribution in [2.24, 2.45) is 0 Å². The molecule has 2 amide bonds. The third-order valence-corrected chi connectivity index (χ3v) is 6.41. The normalized spacial score (nSPS) is 17.9. The average Bonchev–Trinajstić information content (AvgIpc) is 3.05. The SMILES string of the molecule is COc1cnc(C(=O)NC[C@@H]2CCS[C@H](c3cccc(Oc4ccc(F)cc4)c3)C(=O)N2)nc1. The van der Waals surface area contributed by atoms with Gasteiger partial charge in [-0.3, -0.25) is 9.59 Å². The Hall–Kier alpha value is -3.66. The maximum Gasteiger partial charge on any atom is 0.289 e. The van der Waals surface area contributed by atoms with Gasteiger partial charge in [-0.25, -0.2) is 14.4 Å². The van der Waals surface area contributed by atoms with Crippen LogP contribution in [0.2, 0.25) is 0 Å². The quantitative estimate of drug-likeness (QED) is 0.531. The molecule has 1 saturated heterocycles. The molecule has 2 atom stereocenters. The van der Waals surface area contributed by atoms with Gasteiger partial charge in [-0.1, -0.05) is 12.1 Å². The zero-order valence-corrected chi connectivity index (χ0v) is 19.2. The van der Waals surface area contributed by atoms with Gasteiger partial charge >= 0.3 is 0 Å². The average molecular weight is 483 g/mol. The number of amides is 2. The highest BCUT2D eigenvalue weighted by Gasteiger charge is 2.28. The lowest BCUT2D eigenvalue weighted by atomic mass is 10.1. The molecule has 0 saturated carbocycles. The molecule has 176 valence electrons. The minimum atomic E-state index is -0.420. The lowest BCUT2D eigenvalue weighted by Crippen LogP contribution is -2.44. The standard InChI is InChI=1S/C24H23FN4O4S/c1-32-20-13-26-22(27-14-20)24(31)28-12-17-9-10-34-21(23(30)29-17)15-3-2-4-19(11-15)33-18-7-5-16(25)6-8-18/h2-8,11,13-14,17,21H,9-10,12H2,1H3,(H,28,31)(H,29,30)/t17-,21+/m0/s1. The van der Waals surface area contributed by atoms with Crippen molar-refractivity contribution in [2.75, 3.05) is 19.4 Å². The first-order valence-electron chi connectivity index (χ1n) is 10.6. The van der Waals surface area contributed by atoms with E-state index in [-0.39, 0.29) is 30.1 Å². The summed E-state index contributed by atoms with van der Waals surface area (Å²) in [5.74, 6) is 1.39. The van der Waals surface area contributed by atoms with E-state index < -0.39 is 11.2 Å². The van der Waals surface area contributed by atoms with Gasteiger partial charge in [0.1, 0.15) is 22.6 Å². The number of methoxy groups -OCH3 is 1. The predicted molar refractivity (Wildman–Crippen MR) is 126 cm³/mol. The maximum absolute atomic E-state index is 13.1. The summed E-state index contributed by atoms with van der Waals surface area (Å²) in [6.45, 7) is 0.265. The van der Waals surface area contributed by atoms with Crippen LogP contribution in [-0.4, -0.2) is 47.2 Å². The first kappa shape index (κ1) is 23.5. The van der Waals surface area contributed by atoms with E-state index in [1.54, 1.807) is 18.2 Å². The molecule has 0 spiro atoms. The van der Waals surface area contributed by atoms with Gasteiger partial charge in [-0.15, -0.1) is 11.8 Å². The van der Waals surface area contributed by atoms with Gasteiger partial charge in [0, 0.05) is 12.6 Å². The second-order valence-electron chi connectivity index (χ2n) is 7.53. The van der Waals surface area contributed by atoms with Gasteiger partial charge in [0.05, 0.1) is 19.5 Å². The van der Waals surface area contributed by atoms with Crippen molar-refractivity contribution < 1.29 is 23.5 Å². The van der Waals surface area contributed by atoms with Crippen LogP contribution >= 0.6 is 11.8 Å². The summed E-state index contributed by atoms with van der Waals surface area (Å²) in [4.78, 5) is 33.2. The fraction of sp³-hybridized carbons (Fsp3) is 0.250. The number of aromatic nitrogens is 2. The molecule has 34 heavy (non-hydrogen) atoms. The number of nitrogens with one attached hydrogen (secondary N) is 2. The van der Waals surface area contributed by atoms with Crippen molar-refractivity contribution in [1.82, 2.24) is 20.6 Å². The molecular formula is C24H23FN4O4S. The zero-order chi connectivity index (χ0) is 23.9. The highest BCUT2D eigenvalue weighted by molar-refractivity contribution is 8.00. The summed E-state index contributed by atoms with van der Waals surface area (Å²) in [6.07, 6.45) is 3.54. The number of nitrogens with zero attached hydrogens (tertiary/aromatic N) is 2. The van der Waals surface area contributed by atoms with Gasteiger partial charge < -0.3 is 20.1 Å². The number of ether oxygens (including phenoxy) is 2. The molecule has 0 unspecified atom stereocenters. The smallest absolute Gasteiger partial charge is 0.289 e. The second kappa shape index (κ2) is 11.0. The van der Waals surface area contributed by atoms with E-state index in [1.807, 2.05) is 18.2 Å². The van der Waals surface area contributed by atoms with E-state index in [2.05, 4.69) is 20.6 Å². The molecule has 2 N–H and O–H groups in total. The van der Waals surface area contributed by atoms with E-state index in [1.165, 1.54) is 43.4 Å². The molecule has 3 aromatic rings. The highest BCUT2D eigenvalue weighted by Crippen LogP contribution is 2.34. The molecule has 1 aromatic heterocycles. The van der Waals surface area contributed by atoms with Crippen molar-refractivity contribution in [3.05, 3.63) is 78.1 Å². The van der Waals surface area contributed by atoms with Crippen molar-refractivity contribution in [1.29, 1.82) is 0 Å². The summed E-state index contributed by atoms with van der Waals surface area (Å²) in [7, 11) is 1.49. The molecule has 4 rings (SSSR count). The largest absolute Gasteiger partial charge is 0.494 e. The lowest BCUT2D eigenvalue weighted by Gasteiger charge is -2.18. The molecular weight excluding hydrogens is 459 g/mol. The van der Waals surface area contributed by atoms with Gasteiger partial charge in [-0.2, -0.15) is 0 Å². The number of hydrogen-bond acceptors (Lipinski definition) is 7. The Bertz CT molecular complexity index is 1140. The van der Waals surface area contributed by atoms with Crippen LogP contribution in [0.1, 0.15) is 27.9 Å². The Morgan fingerprint density at radius 2 is 1.91 bits per heavy atom. The number of benzene rings is 2. The van der Waals surface area contributed by atoms with Crippen molar-refractivity contribution >= 4 is 23.6 Å². The van der Waals surface area contributed by atoms with Gasteiger partial charge in [0.15, 0.2) is 5.75 Å². The van der Waals surface area contributed by atoms with E-state index in [9.17, 15) is 14.0 Å². The van der Waals surface area contributed by atoms with Gasteiger partial charge in [-0.05, 0) is 54.1 Å². The minimum Gasteiger partial charge on any atom is -0.494 e. The Balaban J connectivity index is 1.35. The highest BCUT2D eigenvalue weighted by atomic mass is 32.2. The number of carbonyl (C=O) groups is 2. The van der Waals surface area contributed by atoms with Crippen molar-refractivity contribution in [3.8, 4) is 17.2 Å². The molecule has 1 aliphatic heterocycles. The molecule has 10 heteroatoms. The van der Waals surface area contributed by atoms with Crippen LogP contribution in [0.4, 0.5) is 4.39 Å². The fourth-order valence-corrected chi connectivity index (χ4v) is 4.58. The Labute approximate surface area is 200 Å². The van der Waals surface area contributed by atoms with Crippen LogP contribution in [0.3, 0.4) is 0 Å². The fourth-order valence-electron chi connectivity index (χ4n) is 3.37. The third kappa shape index (κ3) is 6.02. The number of halogens is 1. The molecule has 1 aliphatic rings. The summed E-state index contributed by atoms with van der Waals surface area (Å²) in [6, 6.07) is 12.8. The minimum absolute atomic E-state index is 0.0333. The van der Waals surface area contributed by atoms with Crippen LogP contribution in [-0.2, 0) is 4.79 Å². The van der Waals surface area contributed by atoms with E-state index in [4.69, 9.17) is 9.47 Å². The van der Waals surface area contributed by atoms with Crippen molar-refractivity contribution in [2.45, 2.75) is 17.7 Å². The predicted octanol–water partition coefficient (Wildman–Crippen LogP) is 3.51. The maximum atomic E-state index is 13.1. The first-order valence-corrected chi connectivity index (χ1v) is 11.7. The van der Waals surface area contributed by atoms with Crippen LogP contribution in [0.5, 0.6) is 17.2 Å². The molecule has 0 bridgehead atoms. The molecule has 0 radical (unpaired) electrons. The van der Waals surface area contributed by atoms with Crippen molar-refractivity contribution in [3.63, 3.8) is 0 Å². The third-order valence-electron chi connectivity index (χ3n) is 5.12. The lowest BCUT2D eigenvalue weighted by molar-refractivity contribution is -0.121. The molecule has 2 aromatic carbocycles. The first-order chi connectivity index (χ1) is 16.5. The second-order valence-corrected chi connectivity index (χ2v) is 8.74. The summed E-state index contributed by atoms with van der Waals surface area (Å²) < 4.78 is 23.9. The Kier molecular flexibility index (Phi) is 7.58. The van der Waals surface area contributed by atoms with Gasteiger partial charge in [0.2, 0.25) is 11.7 Å². The van der Waals surface area contributed by atoms with E-state index >= 15 is 0 Å². The topological polar surface area (TPSA) is 102 Å². The summed E-state index contributed by atoms with van der Waals surface area (Å²) in [5.41, 5.74) is 0.804. The van der Waals surface area contributed by atoms with Crippen LogP contribution in [0, 0.1) is 5.82 Å². The van der Waals surface area contributed by atoms with Gasteiger partial charge in [0.25, 0.3) is 5.91 Å². The van der Waals surface area contributed by atoms with Crippen LogP contribution < -0.4 is 20.1 Å². The molecule has 8 nitrogen and oxygen atoms in total. The monoisotopic (exact) mass is 482 g/mol. The van der Waals surface area contributed by atoms with E-state index in [0.29, 0.717) is 23.7 Å². The van der Waals surface area contributed by atoms with E-state index in [0.717, 1.165) is 11.3 Å². The van der Waals surface area contributed by atoms with Crippen LogP contribution in [0.25, 0.3) is 0 Å². The number of thioether (sulfide) groups is 1. The Morgan fingerprint density at radius 1 is 1.15 bits per heavy atom. The Morgan fingerprint density at radius 3 is 2.65 bits per heavy atom. The number of rotatable bonds is 7. The number of carbonyl (C=O) groups excluding carboxylic acids is 2. The molecule has 0 aliphatic carbocycles. The summed E-state index contributed by atoms with van der Waals surface area (Å²) >= 11 is 1.53. The molecule has 1 fully saturated rings.